The van der Waals surface area contributed by atoms with Crippen LogP contribution in [0.4, 0.5) is 5.82 Å². The first-order valence-electron chi connectivity index (χ1n) is 5.84. The number of nitrogens with zero attached hydrogens (tertiary/aromatic N) is 3. The number of hydrogen-bond acceptors (Lipinski definition) is 3. The van der Waals surface area contributed by atoms with E-state index in [4.69, 9.17) is 0 Å². The van der Waals surface area contributed by atoms with Gasteiger partial charge in [-0.3, -0.25) is 4.68 Å². The van der Waals surface area contributed by atoms with Gasteiger partial charge in [0.1, 0.15) is 5.82 Å². The van der Waals surface area contributed by atoms with E-state index in [0.29, 0.717) is 0 Å². The van der Waals surface area contributed by atoms with E-state index in [2.05, 4.69) is 44.3 Å². The van der Waals surface area contributed by atoms with Gasteiger partial charge in [0.25, 0.3) is 0 Å². The van der Waals surface area contributed by atoms with Crippen molar-refractivity contribution in [3.8, 4) is 0 Å². The van der Waals surface area contributed by atoms with Crippen molar-refractivity contribution < 1.29 is 0 Å². The quantitative estimate of drug-likeness (QED) is 0.947. The molecular formula is C13H17BrN4. The summed E-state index contributed by atoms with van der Waals surface area (Å²) in [6, 6.07) is 2.05. The number of hydrogen-bond donors (Lipinski definition) is 1. The van der Waals surface area contributed by atoms with E-state index < -0.39 is 0 Å². The fraction of sp³-hybridized carbons (Fsp3) is 0.385. The molecule has 0 aliphatic heterocycles. The molecular weight excluding hydrogens is 292 g/mol. The topological polar surface area (TPSA) is 42.7 Å². The number of aryl methyl sites for hydroxylation is 3. The Labute approximate surface area is 116 Å². The van der Waals surface area contributed by atoms with Gasteiger partial charge < -0.3 is 5.32 Å². The Hall–Kier alpha value is -1.36. The molecule has 4 nitrogen and oxygen atoms in total. The predicted molar refractivity (Wildman–Crippen MR) is 76.7 cm³/mol. The maximum atomic E-state index is 4.41. The van der Waals surface area contributed by atoms with E-state index in [-0.39, 0.29) is 0 Å². The number of aromatic nitrogens is 3. The number of rotatable bonds is 3. The van der Waals surface area contributed by atoms with Crippen molar-refractivity contribution in [1.82, 2.24) is 14.8 Å². The summed E-state index contributed by atoms with van der Waals surface area (Å²) in [4.78, 5) is 4.37. The molecule has 2 aromatic rings. The SMILES string of the molecule is Cc1cc(Br)cnc1NCc1c(C)nn(C)c1C. The van der Waals surface area contributed by atoms with Crippen LogP contribution in [0.25, 0.3) is 0 Å². The fourth-order valence-corrected chi connectivity index (χ4v) is 2.42. The zero-order valence-corrected chi connectivity index (χ0v) is 12.7. The molecule has 0 bridgehead atoms. The van der Waals surface area contributed by atoms with Crippen molar-refractivity contribution in [2.45, 2.75) is 27.3 Å². The number of nitrogens with one attached hydrogen (secondary N) is 1. The van der Waals surface area contributed by atoms with Gasteiger partial charge in [-0.25, -0.2) is 4.98 Å². The van der Waals surface area contributed by atoms with Crippen LogP contribution < -0.4 is 5.32 Å². The Morgan fingerprint density at radius 2 is 2.06 bits per heavy atom. The molecule has 0 radical (unpaired) electrons. The van der Waals surface area contributed by atoms with Crippen LogP contribution >= 0.6 is 15.9 Å². The van der Waals surface area contributed by atoms with Crippen LogP contribution in [0.2, 0.25) is 0 Å². The van der Waals surface area contributed by atoms with Crippen molar-refractivity contribution in [1.29, 1.82) is 0 Å². The highest BCUT2D eigenvalue weighted by atomic mass is 79.9. The van der Waals surface area contributed by atoms with Gasteiger partial charge >= 0.3 is 0 Å². The third kappa shape index (κ3) is 2.56. The van der Waals surface area contributed by atoms with Gasteiger partial charge in [-0.15, -0.1) is 0 Å². The molecule has 0 saturated carbocycles. The van der Waals surface area contributed by atoms with Gasteiger partial charge in [-0.2, -0.15) is 5.10 Å². The first kappa shape index (κ1) is 13.1. The fourth-order valence-electron chi connectivity index (χ4n) is 1.97. The summed E-state index contributed by atoms with van der Waals surface area (Å²) < 4.78 is 2.91. The zero-order valence-electron chi connectivity index (χ0n) is 11.1. The van der Waals surface area contributed by atoms with Gasteiger partial charge in [-0.05, 0) is 48.3 Å². The molecule has 0 aliphatic carbocycles. The highest BCUT2D eigenvalue weighted by molar-refractivity contribution is 9.10. The standard InChI is InChI=1S/C13H17BrN4/c1-8-5-11(14)6-15-13(8)16-7-12-9(2)17-18(4)10(12)3/h5-6H,7H2,1-4H3,(H,15,16). The molecule has 0 unspecified atom stereocenters. The molecule has 2 rings (SSSR count). The van der Waals surface area contributed by atoms with Crippen LogP contribution in [0.3, 0.4) is 0 Å². The first-order valence-corrected chi connectivity index (χ1v) is 6.63. The minimum Gasteiger partial charge on any atom is -0.366 e. The van der Waals surface area contributed by atoms with Gasteiger partial charge in [0.2, 0.25) is 0 Å². The second kappa shape index (κ2) is 5.10. The van der Waals surface area contributed by atoms with Gasteiger partial charge in [0.15, 0.2) is 0 Å². The van der Waals surface area contributed by atoms with E-state index in [0.717, 1.165) is 28.1 Å². The van der Waals surface area contributed by atoms with Crippen LogP contribution in [0.15, 0.2) is 16.7 Å². The van der Waals surface area contributed by atoms with Crippen molar-refractivity contribution in [2.24, 2.45) is 7.05 Å². The molecule has 0 aromatic carbocycles. The maximum Gasteiger partial charge on any atom is 0.129 e. The predicted octanol–water partition coefficient (Wildman–Crippen LogP) is 3.11. The van der Waals surface area contributed by atoms with Crippen molar-refractivity contribution in [2.75, 3.05) is 5.32 Å². The summed E-state index contributed by atoms with van der Waals surface area (Å²) in [6.45, 7) is 6.91. The Kier molecular flexibility index (Phi) is 3.71. The van der Waals surface area contributed by atoms with E-state index in [1.165, 1.54) is 11.3 Å². The molecule has 0 fully saturated rings. The van der Waals surface area contributed by atoms with Crippen LogP contribution in [-0.2, 0) is 13.6 Å². The van der Waals surface area contributed by atoms with Crippen molar-refractivity contribution >= 4 is 21.7 Å². The van der Waals surface area contributed by atoms with E-state index in [1.807, 2.05) is 25.6 Å². The Morgan fingerprint density at radius 3 is 2.61 bits per heavy atom. The lowest BCUT2D eigenvalue weighted by atomic mass is 10.2. The monoisotopic (exact) mass is 308 g/mol. The molecule has 0 aliphatic rings. The van der Waals surface area contributed by atoms with Crippen molar-refractivity contribution in [3.05, 3.63) is 39.3 Å². The number of anilines is 1. The van der Waals surface area contributed by atoms with E-state index in [1.54, 1.807) is 6.20 Å². The highest BCUT2D eigenvalue weighted by Crippen LogP contribution is 2.19. The third-order valence-electron chi connectivity index (χ3n) is 3.14. The Balaban J connectivity index is 2.16. The van der Waals surface area contributed by atoms with Crippen LogP contribution in [-0.4, -0.2) is 14.8 Å². The molecule has 2 heterocycles. The minimum atomic E-state index is 0.751. The number of pyridine rings is 1. The molecule has 0 amide bonds. The average Bonchev–Trinajstić information content (AvgIpc) is 2.53. The zero-order chi connectivity index (χ0) is 13.3. The largest absolute Gasteiger partial charge is 0.366 e. The second-order valence-corrected chi connectivity index (χ2v) is 5.36. The number of halogens is 1. The molecule has 0 saturated heterocycles. The Morgan fingerprint density at radius 1 is 1.33 bits per heavy atom. The molecule has 1 N–H and O–H groups in total. The molecule has 2 aromatic heterocycles. The molecule has 0 atom stereocenters. The molecule has 5 heteroatoms. The average molecular weight is 309 g/mol. The summed E-state index contributed by atoms with van der Waals surface area (Å²) >= 11 is 3.42. The summed E-state index contributed by atoms with van der Waals surface area (Å²) in [7, 11) is 1.97. The van der Waals surface area contributed by atoms with E-state index in [9.17, 15) is 0 Å². The lowest BCUT2D eigenvalue weighted by Gasteiger charge is -2.09. The lowest BCUT2D eigenvalue weighted by Crippen LogP contribution is -2.05. The molecule has 18 heavy (non-hydrogen) atoms. The summed E-state index contributed by atoms with van der Waals surface area (Å²) in [5, 5.41) is 7.77. The van der Waals surface area contributed by atoms with Crippen molar-refractivity contribution in [3.63, 3.8) is 0 Å². The summed E-state index contributed by atoms with van der Waals surface area (Å²) in [5.41, 5.74) is 4.62. The molecule has 0 spiro atoms. The van der Waals surface area contributed by atoms with Crippen LogP contribution in [0.5, 0.6) is 0 Å². The lowest BCUT2D eigenvalue weighted by molar-refractivity contribution is 0.730. The maximum absolute atomic E-state index is 4.41. The Bertz CT molecular complexity index is 575. The van der Waals surface area contributed by atoms with Gasteiger partial charge in [0, 0.05) is 35.5 Å². The smallest absolute Gasteiger partial charge is 0.129 e. The summed E-state index contributed by atoms with van der Waals surface area (Å²) in [5.74, 6) is 0.917. The third-order valence-corrected chi connectivity index (χ3v) is 3.57. The second-order valence-electron chi connectivity index (χ2n) is 4.45. The summed E-state index contributed by atoms with van der Waals surface area (Å²) in [6.07, 6.45) is 1.80. The highest BCUT2D eigenvalue weighted by Gasteiger charge is 2.09. The minimum absolute atomic E-state index is 0.751. The van der Waals surface area contributed by atoms with Crippen LogP contribution in [0.1, 0.15) is 22.5 Å². The molecule has 96 valence electrons. The van der Waals surface area contributed by atoms with Gasteiger partial charge in [0.05, 0.1) is 5.69 Å². The van der Waals surface area contributed by atoms with Gasteiger partial charge in [-0.1, -0.05) is 0 Å². The normalized spacial score (nSPS) is 10.7. The van der Waals surface area contributed by atoms with E-state index >= 15 is 0 Å². The van der Waals surface area contributed by atoms with Crippen LogP contribution in [0, 0.1) is 20.8 Å². The first-order chi connectivity index (χ1) is 8.49.